The van der Waals surface area contributed by atoms with Crippen molar-refractivity contribution in [3.05, 3.63) is 59.1 Å². The summed E-state index contributed by atoms with van der Waals surface area (Å²) in [5, 5.41) is 8.83. The van der Waals surface area contributed by atoms with Gasteiger partial charge in [0.2, 0.25) is 11.8 Å². The number of hydrogen-bond donors (Lipinski definition) is 2. The lowest BCUT2D eigenvalue weighted by Crippen LogP contribution is -2.51. The molecular weight excluding hydrogens is 508 g/mol. The number of fused-ring (bicyclic) bond motifs is 1. The second kappa shape index (κ2) is 10.7. The van der Waals surface area contributed by atoms with E-state index >= 15 is 0 Å². The third-order valence-electron chi connectivity index (χ3n) is 6.08. The molecule has 0 atom stereocenters. The van der Waals surface area contributed by atoms with E-state index in [-0.39, 0.29) is 24.3 Å². The first-order valence-electron chi connectivity index (χ1n) is 11.9. The summed E-state index contributed by atoms with van der Waals surface area (Å²) in [6, 6.07) is 13.6. The third-order valence-corrected chi connectivity index (χ3v) is 7.95. The Morgan fingerprint density at radius 2 is 1.68 bits per heavy atom. The largest absolute Gasteiger partial charge is 0.339 e. The van der Waals surface area contributed by atoms with Crippen molar-refractivity contribution < 1.29 is 14.4 Å². The van der Waals surface area contributed by atoms with Crippen LogP contribution in [0, 0.1) is 6.92 Å². The van der Waals surface area contributed by atoms with Crippen molar-refractivity contribution in [2.45, 2.75) is 20.3 Å². The number of anilines is 2. The zero-order chi connectivity index (χ0) is 25.9. The van der Waals surface area contributed by atoms with Crippen LogP contribution < -0.4 is 10.6 Å². The summed E-state index contributed by atoms with van der Waals surface area (Å²) in [5.74, 6) is -0.172. The van der Waals surface area contributed by atoms with Crippen molar-refractivity contribution in [2.24, 2.45) is 0 Å². The van der Waals surface area contributed by atoms with E-state index in [0.717, 1.165) is 20.8 Å². The number of aromatic nitrogens is 2. The summed E-state index contributed by atoms with van der Waals surface area (Å²) in [5.41, 5.74) is 4.47. The minimum atomic E-state index is -0.253. The Bertz CT molecular complexity index is 1450. The van der Waals surface area contributed by atoms with Gasteiger partial charge >= 0.3 is 6.03 Å². The molecule has 4 amide bonds. The minimum Gasteiger partial charge on any atom is -0.339 e. The van der Waals surface area contributed by atoms with Gasteiger partial charge in [-0.1, -0.05) is 6.07 Å². The van der Waals surface area contributed by atoms with Gasteiger partial charge < -0.3 is 15.1 Å². The van der Waals surface area contributed by atoms with Crippen molar-refractivity contribution in [2.75, 3.05) is 36.8 Å². The van der Waals surface area contributed by atoms with Crippen LogP contribution >= 0.6 is 22.7 Å². The van der Waals surface area contributed by atoms with E-state index < -0.39 is 0 Å². The van der Waals surface area contributed by atoms with E-state index in [1.807, 2.05) is 30.3 Å². The normalized spacial score (nSPS) is 13.6. The molecule has 0 bridgehead atoms. The molecule has 37 heavy (non-hydrogen) atoms. The van der Waals surface area contributed by atoms with Gasteiger partial charge in [0.1, 0.15) is 5.01 Å². The summed E-state index contributed by atoms with van der Waals surface area (Å²) in [6.07, 6.45) is 0.0998. The van der Waals surface area contributed by atoms with Gasteiger partial charge in [-0.3, -0.25) is 14.9 Å². The van der Waals surface area contributed by atoms with Gasteiger partial charge in [-0.2, -0.15) is 0 Å². The lowest BCUT2D eigenvalue weighted by molar-refractivity contribution is -0.130. The number of urea groups is 1. The number of rotatable bonds is 5. The number of hydrogen-bond acceptors (Lipinski definition) is 7. The zero-order valence-corrected chi connectivity index (χ0v) is 22.1. The van der Waals surface area contributed by atoms with Crippen LogP contribution in [0.1, 0.15) is 18.2 Å². The number of carbonyl (C=O) groups is 3. The van der Waals surface area contributed by atoms with Crippen LogP contribution in [0.15, 0.2) is 47.8 Å². The van der Waals surface area contributed by atoms with E-state index in [4.69, 9.17) is 4.98 Å². The molecule has 0 aliphatic carbocycles. The van der Waals surface area contributed by atoms with Crippen LogP contribution in [-0.2, 0) is 16.0 Å². The fraction of sp³-hybridized carbons (Fsp3) is 0.269. The molecule has 1 fully saturated rings. The van der Waals surface area contributed by atoms with Crippen LogP contribution in [-0.4, -0.2) is 63.8 Å². The monoisotopic (exact) mass is 534 g/mol. The third kappa shape index (κ3) is 5.95. The topological polar surface area (TPSA) is 108 Å². The Hall–Kier alpha value is -3.83. The smallest absolute Gasteiger partial charge is 0.323 e. The van der Waals surface area contributed by atoms with Gasteiger partial charge in [-0.15, -0.1) is 22.7 Å². The number of piperazine rings is 1. The van der Waals surface area contributed by atoms with Crippen molar-refractivity contribution in [1.82, 2.24) is 19.8 Å². The van der Waals surface area contributed by atoms with Gasteiger partial charge in [-0.25, -0.2) is 14.8 Å². The second-order valence-corrected chi connectivity index (χ2v) is 10.7. The van der Waals surface area contributed by atoms with Crippen molar-refractivity contribution >= 4 is 61.6 Å². The van der Waals surface area contributed by atoms with E-state index in [0.29, 0.717) is 42.7 Å². The molecular formula is C26H26N6O3S2. The van der Waals surface area contributed by atoms with Gasteiger partial charge in [0.15, 0.2) is 5.13 Å². The van der Waals surface area contributed by atoms with Crippen LogP contribution in [0.25, 0.3) is 20.8 Å². The Kier molecular flexibility index (Phi) is 7.15. The van der Waals surface area contributed by atoms with E-state index in [1.54, 1.807) is 26.5 Å². The molecule has 2 aromatic heterocycles. The maximum Gasteiger partial charge on any atom is 0.323 e. The first-order chi connectivity index (χ1) is 17.8. The molecule has 0 radical (unpaired) electrons. The predicted octanol–water partition coefficient (Wildman–Crippen LogP) is 4.61. The lowest BCUT2D eigenvalue weighted by Gasteiger charge is -2.33. The van der Waals surface area contributed by atoms with Crippen molar-refractivity contribution in [3.63, 3.8) is 0 Å². The van der Waals surface area contributed by atoms with E-state index in [2.05, 4.69) is 34.7 Å². The first kappa shape index (κ1) is 24.8. The van der Waals surface area contributed by atoms with Crippen molar-refractivity contribution in [1.29, 1.82) is 0 Å². The molecule has 4 aromatic rings. The Balaban J connectivity index is 1.13. The molecule has 0 spiro atoms. The van der Waals surface area contributed by atoms with Gasteiger partial charge in [0.25, 0.3) is 0 Å². The van der Waals surface area contributed by atoms with E-state index in [9.17, 15) is 14.4 Å². The number of nitrogens with zero attached hydrogens (tertiary/aromatic N) is 4. The SMILES string of the molecule is CC(=O)N1CCN(C(=O)Nc2nc(CC(=O)Nc3ccc(-c4nc5ccc(C)cc5s4)cc3)cs2)CC1. The molecule has 0 unspecified atom stereocenters. The van der Waals surface area contributed by atoms with Crippen molar-refractivity contribution in [3.8, 4) is 10.6 Å². The Labute approximate surface area is 222 Å². The maximum absolute atomic E-state index is 12.6. The minimum absolute atomic E-state index is 0.0158. The molecule has 11 heteroatoms. The maximum atomic E-state index is 12.6. The molecule has 2 N–H and O–H groups in total. The molecule has 1 saturated heterocycles. The van der Waals surface area contributed by atoms with Crippen LogP contribution in [0.3, 0.4) is 0 Å². The quantitative estimate of drug-likeness (QED) is 0.389. The van der Waals surface area contributed by atoms with Gasteiger partial charge in [0, 0.05) is 49.7 Å². The summed E-state index contributed by atoms with van der Waals surface area (Å²) < 4.78 is 1.15. The lowest BCUT2D eigenvalue weighted by atomic mass is 10.2. The van der Waals surface area contributed by atoms with Crippen LogP contribution in [0.4, 0.5) is 15.6 Å². The van der Waals surface area contributed by atoms with Crippen LogP contribution in [0.2, 0.25) is 0 Å². The molecule has 0 saturated carbocycles. The molecule has 5 rings (SSSR count). The standard InChI is InChI=1S/C26H26N6O3S2/c1-16-3-8-21-22(13-16)37-24(29-21)18-4-6-19(7-5-18)27-23(34)14-20-15-36-25(28-20)30-26(35)32-11-9-31(10-12-32)17(2)33/h3-8,13,15H,9-12,14H2,1-2H3,(H,27,34)(H,28,30,35). The van der Waals surface area contributed by atoms with Gasteiger partial charge in [0.05, 0.1) is 22.3 Å². The highest BCUT2D eigenvalue weighted by Crippen LogP contribution is 2.31. The van der Waals surface area contributed by atoms with Gasteiger partial charge in [-0.05, 0) is 48.9 Å². The summed E-state index contributed by atoms with van der Waals surface area (Å²) >= 11 is 2.93. The van der Waals surface area contributed by atoms with Crippen LogP contribution in [0.5, 0.6) is 0 Å². The highest BCUT2D eigenvalue weighted by molar-refractivity contribution is 7.21. The summed E-state index contributed by atoms with van der Waals surface area (Å²) in [7, 11) is 0. The molecule has 1 aliphatic rings. The molecule has 2 aromatic carbocycles. The summed E-state index contributed by atoms with van der Waals surface area (Å²) in [6.45, 7) is 5.59. The number of thiazole rings is 2. The fourth-order valence-corrected chi connectivity index (χ4v) is 5.83. The molecule has 3 heterocycles. The molecule has 190 valence electrons. The number of aryl methyl sites for hydroxylation is 1. The number of nitrogens with one attached hydrogen (secondary N) is 2. The number of amides is 4. The van der Waals surface area contributed by atoms with E-state index in [1.165, 1.54) is 23.8 Å². The highest BCUT2D eigenvalue weighted by atomic mass is 32.1. The molecule has 1 aliphatic heterocycles. The fourth-order valence-electron chi connectivity index (χ4n) is 4.06. The summed E-state index contributed by atoms with van der Waals surface area (Å²) in [4.78, 5) is 49.0. The first-order valence-corrected chi connectivity index (χ1v) is 13.6. The second-order valence-electron chi connectivity index (χ2n) is 8.86. The number of benzene rings is 2. The molecule has 9 nitrogen and oxygen atoms in total. The predicted molar refractivity (Wildman–Crippen MR) is 147 cm³/mol. The average Bonchev–Trinajstić information content (AvgIpc) is 3.50. The highest BCUT2D eigenvalue weighted by Gasteiger charge is 2.23. The number of carbonyl (C=O) groups excluding carboxylic acids is 3. The Morgan fingerprint density at radius 3 is 2.41 bits per heavy atom. The Morgan fingerprint density at radius 1 is 0.946 bits per heavy atom. The zero-order valence-electron chi connectivity index (χ0n) is 20.5. The average molecular weight is 535 g/mol.